The molecule has 0 aliphatic heterocycles. The minimum atomic E-state index is -0.236. The molecule has 28 heavy (non-hydrogen) atoms. The third-order valence-electron chi connectivity index (χ3n) is 3.74. The third-order valence-corrected chi connectivity index (χ3v) is 6.22. The molecule has 138 valence electrons. The van der Waals surface area contributed by atoms with Gasteiger partial charge < -0.3 is 9.73 Å². The van der Waals surface area contributed by atoms with Gasteiger partial charge in [-0.3, -0.25) is 4.79 Å². The molecule has 6 nitrogen and oxygen atoms in total. The molecule has 1 amide bonds. The SMILES string of the molecule is N#Cc1cccc(NC(=O)CSc2nnc(-c3sc4ccccc4c3Cl)o2)c1. The summed E-state index contributed by atoms with van der Waals surface area (Å²) in [4.78, 5) is 12.8. The summed E-state index contributed by atoms with van der Waals surface area (Å²) in [5, 5.41) is 21.5. The van der Waals surface area contributed by atoms with E-state index in [1.54, 1.807) is 24.3 Å². The molecular formula is C19H11ClN4O2S2. The van der Waals surface area contributed by atoms with Crippen LogP contribution in [0.5, 0.6) is 0 Å². The number of halogens is 1. The molecule has 0 saturated heterocycles. The number of fused-ring (bicyclic) bond motifs is 1. The monoisotopic (exact) mass is 426 g/mol. The number of carbonyl (C=O) groups is 1. The number of amides is 1. The first-order chi connectivity index (χ1) is 13.6. The number of thiophene rings is 1. The van der Waals surface area contributed by atoms with Crippen LogP contribution < -0.4 is 5.32 Å². The lowest BCUT2D eigenvalue weighted by Crippen LogP contribution is -2.14. The van der Waals surface area contributed by atoms with Crippen LogP contribution in [0.1, 0.15) is 5.56 Å². The van der Waals surface area contributed by atoms with Gasteiger partial charge in [0.1, 0.15) is 4.88 Å². The van der Waals surface area contributed by atoms with Crippen molar-refractivity contribution in [1.29, 1.82) is 5.26 Å². The van der Waals surface area contributed by atoms with E-state index in [1.165, 1.54) is 11.3 Å². The molecule has 0 bridgehead atoms. The Hall–Kier alpha value is -2.86. The van der Waals surface area contributed by atoms with Gasteiger partial charge in [-0.1, -0.05) is 47.6 Å². The predicted octanol–water partition coefficient (Wildman–Crippen LogP) is 5.21. The summed E-state index contributed by atoms with van der Waals surface area (Å²) in [6.07, 6.45) is 0. The highest BCUT2D eigenvalue weighted by atomic mass is 35.5. The van der Waals surface area contributed by atoms with Crippen molar-refractivity contribution in [2.24, 2.45) is 0 Å². The van der Waals surface area contributed by atoms with Gasteiger partial charge in [-0.2, -0.15) is 5.26 Å². The van der Waals surface area contributed by atoms with Crippen LogP contribution in [0.4, 0.5) is 5.69 Å². The second-order valence-electron chi connectivity index (χ2n) is 5.64. The van der Waals surface area contributed by atoms with Gasteiger partial charge in [-0.25, -0.2) is 0 Å². The van der Waals surface area contributed by atoms with E-state index in [1.807, 2.05) is 30.3 Å². The quantitative estimate of drug-likeness (QED) is 0.440. The second-order valence-corrected chi connectivity index (χ2v) is 8.00. The third kappa shape index (κ3) is 3.87. The lowest BCUT2D eigenvalue weighted by molar-refractivity contribution is -0.113. The van der Waals surface area contributed by atoms with E-state index < -0.39 is 0 Å². The average Bonchev–Trinajstić information content (AvgIpc) is 3.31. The number of anilines is 1. The minimum Gasteiger partial charge on any atom is -0.410 e. The Morgan fingerprint density at radius 1 is 1.25 bits per heavy atom. The molecule has 2 aromatic carbocycles. The van der Waals surface area contributed by atoms with E-state index in [0.29, 0.717) is 27.0 Å². The number of nitrogens with one attached hydrogen (secondary N) is 1. The van der Waals surface area contributed by atoms with Crippen molar-refractivity contribution < 1.29 is 9.21 Å². The Morgan fingerprint density at radius 2 is 2.11 bits per heavy atom. The van der Waals surface area contributed by atoms with Crippen LogP contribution in [-0.2, 0) is 4.79 Å². The molecule has 0 fully saturated rings. The van der Waals surface area contributed by atoms with Gasteiger partial charge in [0.2, 0.25) is 5.91 Å². The summed E-state index contributed by atoms with van der Waals surface area (Å²) < 4.78 is 6.70. The number of benzene rings is 2. The zero-order valence-corrected chi connectivity index (χ0v) is 16.6. The largest absolute Gasteiger partial charge is 0.410 e. The van der Waals surface area contributed by atoms with Gasteiger partial charge in [0.15, 0.2) is 0 Å². The maximum absolute atomic E-state index is 12.1. The van der Waals surface area contributed by atoms with Crippen molar-refractivity contribution in [3.05, 3.63) is 59.1 Å². The predicted molar refractivity (Wildman–Crippen MR) is 111 cm³/mol. The van der Waals surface area contributed by atoms with E-state index in [2.05, 4.69) is 15.5 Å². The van der Waals surface area contributed by atoms with Gasteiger partial charge in [-0.15, -0.1) is 21.5 Å². The zero-order valence-electron chi connectivity index (χ0n) is 14.2. The van der Waals surface area contributed by atoms with Crippen molar-refractivity contribution in [1.82, 2.24) is 10.2 Å². The first-order valence-corrected chi connectivity index (χ1v) is 10.3. The Morgan fingerprint density at radius 3 is 2.93 bits per heavy atom. The van der Waals surface area contributed by atoms with Crippen LogP contribution >= 0.6 is 34.7 Å². The smallest absolute Gasteiger partial charge is 0.277 e. The Bertz CT molecular complexity index is 1210. The lowest BCUT2D eigenvalue weighted by Gasteiger charge is -2.03. The molecule has 0 aliphatic carbocycles. The average molecular weight is 427 g/mol. The fourth-order valence-electron chi connectivity index (χ4n) is 2.50. The number of hydrogen-bond donors (Lipinski definition) is 1. The number of rotatable bonds is 5. The molecule has 9 heteroatoms. The normalized spacial score (nSPS) is 10.7. The fourth-order valence-corrected chi connectivity index (χ4v) is 4.50. The summed E-state index contributed by atoms with van der Waals surface area (Å²) in [5.74, 6) is 0.189. The van der Waals surface area contributed by atoms with Gasteiger partial charge in [0, 0.05) is 15.8 Å². The van der Waals surface area contributed by atoms with E-state index >= 15 is 0 Å². The van der Waals surface area contributed by atoms with E-state index in [4.69, 9.17) is 21.3 Å². The summed E-state index contributed by atoms with van der Waals surface area (Å²) in [7, 11) is 0. The van der Waals surface area contributed by atoms with E-state index in [-0.39, 0.29) is 16.9 Å². The van der Waals surface area contributed by atoms with Crippen molar-refractivity contribution >= 4 is 56.4 Å². The lowest BCUT2D eigenvalue weighted by atomic mass is 10.2. The first-order valence-electron chi connectivity index (χ1n) is 8.08. The Labute approximate surface area is 173 Å². The molecule has 2 heterocycles. The Kier molecular flexibility index (Phi) is 5.30. The van der Waals surface area contributed by atoms with Crippen molar-refractivity contribution in [3.8, 4) is 16.8 Å². The topological polar surface area (TPSA) is 91.8 Å². The summed E-state index contributed by atoms with van der Waals surface area (Å²) >= 11 is 9.04. The molecule has 0 saturated carbocycles. The van der Waals surface area contributed by atoms with Crippen LogP contribution in [-0.4, -0.2) is 21.9 Å². The maximum atomic E-state index is 12.1. The molecule has 2 aromatic heterocycles. The van der Waals surface area contributed by atoms with Crippen LogP contribution in [0.2, 0.25) is 5.02 Å². The number of hydrogen-bond acceptors (Lipinski definition) is 7. The van der Waals surface area contributed by atoms with Crippen molar-refractivity contribution in [2.75, 3.05) is 11.1 Å². The molecule has 0 unspecified atom stereocenters. The van der Waals surface area contributed by atoms with Crippen molar-refractivity contribution in [3.63, 3.8) is 0 Å². The van der Waals surface area contributed by atoms with Crippen LogP contribution in [0, 0.1) is 11.3 Å². The van der Waals surface area contributed by atoms with Gasteiger partial charge in [0.05, 0.1) is 22.4 Å². The number of thioether (sulfide) groups is 1. The van der Waals surface area contributed by atoms with Crippen LogP contribution in [0.25, 0.3) is 20.9 Å². The molecule has 4 rings (SSSR count). The molecule has 0 atom stereocenters. The summed E-state index contributed by atoms with van der Waals surface area (Å²) in [6, 6.07) is 16.5. The summed E-state index contributed by atoms with van der Waals surface area (Å²) in [6.45, 7) is 0. The first kappa shape index (κ1) is 18.5. The summed E-state index contributed by atoms with van der Waals surface area (Å²) in [5.41, 5.74) is 1.04. The maximum Gasteiger partial charge on any atom is 0.277 e. The standard InChI is InChI=1S/C19H11ClN4O2S2/c20-16-13-6-1-2-7-14(13)28-17(16)18-23-24-19(26-18)27-10-15(25)22-12-5-3-4-11(8-12)9-21/h1-8H,10H2,(H,22,25). The Balaban J connectivity index is 1.42. The van der Waals surface area contributed by atoms with E-state index in [0.717, 1.165) is 21.8 Å². The molecule has 0 aliphatic rings. The number of nitriles is 1. The number of nitrogens with zero attached hydrogens (tertiary/aromatic N) is 3. The highest BCUT2D eigenvalue weighted by Crippen LogP contribution is 2.41. The van der Waals surface area contributed by atoms with Crippen LogP contribution in [0.15, 0.2) is 58.2 Å². The van der Waals surface area contributed by atoms with Crippen molar-refractivity contribution in [2.45, 2.75) is 5.22 Å². The fraction of sp³-hybridized carbons (Fsp3) is 0.0526. The number of carbonyl (C=O) groups excluding carboxylic acids is 1. The second kappa shape index (κ2) is 8.02. The highest BCUT2D eigenvalue weighted by molar-refractivity contribution is 7.99. The molecular weight excluding hydrogens is 416 g/mol. The molecule has 0 radical (unpaired) electrons. The highest BCUT2D eigenvalue weighted by Gasteiger charge is 2.18. The number of aromatic nitrogens is 2. The molecule has 4 aromatic rings. The van der Waals surface area contributed by atoms with Gasteiger partial charge >= 0.3 is 0 Å². The molecule has 0 spiro atoms. The van der Waals surface area contributed by atoms with Gasteiger partial charge in [0.25, 0.3) is 11.1 Å². The van der Waals surface area contributed by atoms with E-state index in [9.17, 15) is 4.79 Å². The molecule has 1 N–H and O–H groups in total. The van der Waals surface area contributed by atoms with Gasteiger partial charge in [-0.05, 0) is 24.3 Å². The zero-order chi connectivity index (χ0) is 19.5. The van der Waals surface area contributed by atoms with Crippen LogP contribution in [0.3, 0.4) is 0 Å². The minimum absolute atomic E-state index is 0.0958.